The molecule has 4 rings (SSSR count). The van der Waals surface area contributed by atoms with Gasteiger partial charge in [0.05, 0.1) is 16.6 Å². The molecule has 2 amide bonds. The highest BCUT2D eigenvalue weighted by Crippen LogP contribution is 2.26. The molecule has 0 saturated carbocycles. The Morgan fingerprint density at radius 1 is 0.828 bits per heavy atom. The molecule has 29 heavy (non-hydrogen) atoms. The molecular formula is C24H21N3O2. The van der Waals surface area contributed by atoms with Crippen molar-refractivity contribution in [1.82, 2.24) is 10.3 Å². The van der Waals surface area contributed by atoms with Crippen molar-refractivity contribution < 1.29 is 9.59 Å². The Balaban J connectivity index is 1.67. The van der Waals surface area contributed by atoms with E-state index >= 15 is 0 Å². The predicted octanol–water partition coefficient (Wildman–Crippen LogP) is 3.60. The number of carbonyl (C=O) groups is 2. The first-order valence-corrected chi connectivity index (χ1v) is 9.55. The third kappa shape index (κ3) is 3.94. The van der Waals surface area contributed by atoms with Crippen LogP contribution in [0.4, 0.5) is 0 Å². The van der Waals surface area contributed by atoms with Gasteiger partial charge < -0.3 is 11.1 Å². The van der Waals surface area contributed by atoms with Crippen molar-refractivity contribution in [2.24, 2.45) is 5.73 Å². The van der Waals surface area contributed by atoms with Crippen LogP contribution in [0.1, 0.15) is 22.3 Å². The third-order valence-electron chi connectivity index (χ3n) is 5.03. The van der Waals surface area contributed by atoms with Gasteiger partial charge in [-0.1, -0.05) is 66.7 Å². The molecule has 0 fully saturated rings. The van der Waals surface area contributed by atoms with Crippen LogP contribution in [-0.2, 0) is 11.2 Å². The molecule has 0 aliphatic rings. The predicted molar refractivity (Wildman–Crippen MR) is 114 cm³/mol. The molecule has 0 spiro atoms. The maximum absolute atomic E-state index is 13.3. The standard InChI is InChI=1S/C24H21N3O2/c25-23(28)21(15-14-16-8-2-1-3-9-16)27-24(29)22-17-10-4-6-12-19(17)26-20-13-7-5-11-18(20)22/h1-13,21H,14-15H2,(H2,25,28)(H,27,29)/t21-/m1/s1. The average molecular weight is 383 g/mol. The number of nitrogens with two attached hydrogens (primary N) is 1. The molecular weight excluding hydrogens is 362 g/mol. The van der Waals surface area contributed by atoms with Crippen molar-refractivity contribution in [1.29, 1.82) is 0 Å². The van der Waals surface area contributed by atoms with Gasteiger partial charge in [0.1, 0.15) is 6.04 Å². The van der Waals surface area contributed by atoms with Crippen LogP contribution in [-0.4, -0.2) is 22.8 Å². The number of para-hydroxylation sites is 2. The summed E-state index contributed by atoms with van der Waals surface area (Å²) in [5.41, 5.74) is 8.65. The number of benzene rings is 3. The van der Waals surface area contributed by atoms with E-state index in [9.17, 15) is 9.59 Å². The van der Waals surface area contributed by atoms with Gasteiger partial charge in [0, 0.05) is 10.8 Å². The summed E-state index contributed by atoms with van der Waals surface area (Å²) in [5, 5.41) is 4.34. The van der Waals surface area contributed by atoms with Crippen molar-refractivity contribution >= 4 is 33.6 Å². The number of hydrogen-bond donors (Lipinski definition) is 2. The van der Waals surface area contributed by atoms with E-state index in [4.69, 9.17) is 5.73 Å². The van der Waals surface area contributed by atoms with Gasteiger partial charge in [-0.2, -0.15) is 0 Å². The monoisotopic (exact) mass is 383 g/mol. The Morgan fingerprint density at radius 2 is 1.38 bits per heavy atom. The number of rotatable bonds is 6. The highest BCUT2D eigenvalue weighted by molar-refractivity contribution is 6.16. The molecule has 0 bridgehead atoms. The molecule has 5 heteroatoms. The van der Waals surface area contributed by atoms with Gasteiger partial charge in [0.15, 0.2) is 0 Å². The molecule has 0 aliphatic carbocycles. The summed E-state index contributed by atoms with van der Waals surface area (Å²) in [5.74, 6) is -0.867. The van der Waals surface area contributed by atoms with Gasteiger partial charge >= 0.3 is 0 Å². The second kappa shape index (κ2) is 8.10. The van der Waals surface area contributed by atoms with E-state index < -0.39 is 11.9 Å². The van der Waals surface area contributed by atoms with E-state index in [0.29, 0.717) is 18.4 Å². The van der Waals surface area contributed by atoms with E-state index in [2.05, 4.69) is 10.3 Å². The fourth-order valence-corrected chi connectivity index (χ4v) is 3.56. The highest BCUT2D eigenvalue weighted by Gasteiger charge is 2.22. The fourth-order valence-electron chi connectivity index (χ4n) is 3.56. The number of carbonyl (C=O) groups excluding carboxylic acids is 2. The van der Waals surface area contributed by atoms with Crippen LogP contribution in [0.5, 0.6) is 0 Å². The average Bonchev–Trinajstić information content (AvgIpc) is 2.75. The smallest absolute Gasteiger partial charge is 0.253 e. The zero-order valence-electron chi connectivity index (χ0n) is 15.8. The first-order chi connectivity index (χ1) is 14.1. The third-order valence-corrected chi connectivity index (χ3v) is 5.03. The number of pyridine rings is 1. The molecule has 4 aromatic rings. The molecule has 144 valence electrons. The second-order valence-electron chi connectivity index (χ2n) is 6.97. The molecule has 3 aromatic carbocycles. The van der Waals surface area contributed by atoms with Gasteiger partial charge in [-0.05, 0) is 30.5 Å². The normalized spacial score (nSPS) is 12.0. The summed E-state index contributed by atoms with van der Waals surface area (Å²) >= 11 is 0. The lowest BCUT2D eigenvalue weighted by Crippen LogP contribution is -2.44. The van der Waals surface area contributed by atoms with Crippen molar-refractivity contribution in [3.05, 3.63) is 90.0 Å². The van der Waals surface area contributed by atoms with E-state index in [-0.39, 0.29) is 5.91 Å². The zero-order valence-corrected chi connectivity index (χ0v) is 15.8. The Bertz CT molecular complexity index is 1130. The summed E-state index contributed by atoms with van der Waals surface area (Å²) in [6.07, 6.45) is 1.08. The first kappa shape index (κ1) is 18.6. The molecule has 3 N–H and O–H groups in total. The highest BCUT2D eigenvalue weighted by atomic mass is 16.2. The fraction of sp³-hybridized carbons (Fsp3) is 0.125. The summed E-state index contributed by atoms with van der Waals surface area (Å²) in [7, 11) is 0. The Morgan fingerprint density at radius 3 is 1.97 bits per heavy atom. The summed E-state index contributed by atoms with van der Waals surface area (Å²) in [6.45, 7) is 0. The number of fused-ring (bicyclic) bond motifs is 2. The topological polar surface area (TPSA) is 85.1 Å². The second-order valence-corrected chi connectivity index (χ2v) is 6.97. The minimum Gasteiger partial charge on any atom is -0.368 e. The van der Waals surface area contributed by atoms with Gasteiger partial charge in [0.2, 0.25) is 5.91 Å². The van der Waals surface area contributed by atoms with Gasteiger partial charge in [-0.15, -0.1) is 0 Å². The molecule has 0 saturated heterocycles. The van der Waals surface area contributed by atoms with Crippen molar-refractivity contribution in [3.8, 4) is 0 Å². The number of amides is 2. The number of hydrogen-bond acceptors (Lipinski definition) is 3. The number of nitrogens with one attached hydrogen (secondary N) is 1. The summed E-state index contributed by atoms with van der Waals surface area (Å²) in [4.78, 5) is 29.9. The van der Waals surface area contributed by atoms with Crippen LogP contribution in [0.25, 0.3) is 21.8 Å². The van der Waals surface area contributed by atoms with Crippen LogP contribution in [0.2, 0.25) is 0 Å². The molecule has 0 aliphatic heterocycles. The Labute approximate surface area is 168 Å². The van der Waals surface area contributed by atoms with Crippen LogP contribution < -0.4 is 11.1 Å². The Hall–Kier alpha value is -3.73. The molecule has 1 atom stereocenters. The SMILES string of the molecule is NC(=O)[C@@H](CCc1ccccc1)NC(=O)c1c2ccccc2nc2ccccc12. The van der Waals surface area contributed by atoms with E-state index in [1.54, 1.807) is 0 Å². The molecule has 0 unspecified atom stereocenters. The van der Waals surface area contributed by atoms with Gasteiger partial charge in [-0.3, -0.25) is 9.59 Å². The lowest BCUT2D eigenvalue weighted by atomic mass is 10.0. The number of nitrogens with zero attached hydrogens (tertiary/aromatic N) is 1. The molecule has 0 radical (unpaired) electrons. The van der Waals surface area contributed by atoms with E-state index in [1.807, 2.05) is 78.9 Å². The van der Waals surface area contributed by atoms with Crippen molar-refractivity contribution in [2.45, 2.75) is 18.9 Å². The van der Waals surface area contributed by atoms with Crippen LogP contribution in [0.3, 0.4) is 0 Å². The Kier molecular flexibility index (Phi) is 5.20. The molecule has 1 aromatic heterocycles. The zero-order chi connectivity index (χ0) is 20.2. The minimum absolute atomic E-state index is 0.323. The maximum Gasteiger partial charge on any atom is 0.253 e. The lowest BCUT2D eigenvalue weighted by Gasteiger charge is -2.17. The van der Waals surface area contributed by atoms with Crippen LogP contribution >= 0.6 is 0 Å². The maximum atomic E-state index is 13.3. The number of aromatic nitrogens is 1. The first-order valence-electron chi connectivity index (χ1n) is 9.55. The quantitative estimate of drug-likeness (QED) is 0.499. The van der Waals surface area contributed by atoms with Crippen LogP contribution in [0.15, 0.2) is 78.9 Å². The lowest BCUT2D eigenvalue weighted by molar-refractivity contribution is -0.120. The summed E-state index contributed by atoms with van der Waals surface area (Å²) < 4.78 is 0. The largest absolute Gasteiger partial charge is 0.368 e. The molecule has 1 heterocycles. The summed E-state index contributed by atoms with van der Waals surface area (Å²) in [6, 6.07) is 24.1. The molecule has 5 nitrogen and oxygen atoms in total. The number of primary amides is 1. The van der Waals surface area contributed by atoms with Gasteiger partial charge in [-0.25, -0.2) is 4.98 Å². The van der Waals surface area contributed by atoms with Crippen molar-refractivity contribution in [2.75, 3.05) is 0 Å². The van der Waals surface area contributed by atoms with E-state index in [0.717, 1.165) is 27.4 Å². The van der Waals surface area contributed by atoms with E-state index in [1.165, 1.54) is 0 Å². The van der Waals surface area contributed by atoms with Crippen molar-refractivity contribution in [3.63, 3.8) is 0 Å². The number of aryl methyl sites for hydroxylation is 1. The minimum atomic E-state index is -0.756. The van der Waals surface area contributed by atoms with Gasteiger partial charge in [0.25, 0.3) is 5.91 Å². The van der Waals surface area contributed by atoms with Crippen LogP contribution in [0, 0.1) is 0 Å².